The fraction of sp³-hybridized carbons (Fsp3) is 0.370. The molecular weight excluding hydrogens is 523 g/mol. The summed E-state index contributed by atoms with van der Waals surface area (Å²) in [5.41, 5.74) is 2.76. The van der Waals surface area contributed by atoms with Crippen LogP contribution >= 0.6 is 0 Å². The maximum absolute atomic E-state index is 13.7. The van der Waals surface area contributed by atoms with Gasteiger partial charge in [-0.05, 0) is 73.9 Å². The van der Waals surface area contributed by atoms with E-state index in [1.54, 1.807) is 36.4 Å². The summed E-state index contributed by atoms with van der Waals surface area (Å²) in [5.74, 6) is 0.183. The van der Waals surface area contributed by atoms with Crippen molar-refractivity contribution in [3.8, 4) is 5.88 Å². The summed E-state index contributed by atoms with van der Waals surface area (Å²) in [6.45, 7) is 5.06. The van der Waals surface area contributed by atoms with Gasteiger partial charge < -0.3 is 19.4 Å². The van der Waals surface area contributed by atoms with E-state index in [0.717, 1.165) is 36.3 Å². The summed E-state index contributed by atoms with van der Waals surface area (Å²) in [4.78, 5) is 19.5. The first kappa shape index (κ1) is 26.7. The molecule has 206 valence electrons. The number of carbonyl (C=O) groups is 1. The van der Waals surface area contributed by atoms with Crippen molar-refractivity contribution >= 4 is 33.1 Å². The number of aromatic nitrogens is 2. The first-order valence-electron chi connectivity index (χ1n) is 12.8. The average Bonchev–Trinajstić information content (AvgIpc) is 2.96. The van der Waals surface area contributed by atoms with Gasteiger partial charge in [-0.25, -0.2) is 12.8 Å². The molecule has 0 bridgehead atoms. The van der Waals surface area contributed by atoms with Crippen LogP contribution in [0.25, 0.3) is 0 Å². The second-order valence-corrected chi connectivity index (χ2v) is 11.3. The van der Waals surface area contributed by atoms with Crippen LogP contribution in [0, 0.1) is 5.82 Å². The zero-order valence-electron chi connectivity index (χ0n) is 21.9. The molecule has 12 heteroatoms. The maximum Gasteiger partial charge on any atom is 0.263 e. The standard InChI is InChI=1S/C27H31FN6O4S/c1-19(34-13-3-4-20-18-21(28)5-10-24(20)34)27(35)33-16-14-32(15-17-33)22-6-8-23(9-7-22)39(36,37)31-25-11-12-26(38-2)30-29-25/h5-12,18-19H,3-4,13-17H2,1-2H3,(H,29,31)/t19-/m0/s1. The van der Waals surface area contributed by atoms with Crippen molar-refractivity contribution < 1.29 is 22.3 Å². The number of benzene rings is 2. The Balaban J connectivity index is 1.18. The number of methoxy groups -OCH3 is 1. The predicted molar refractivity (Wildman–Crippen MR) is 146 cm³/mol. The van der Waals surface area contributed by atoms with E-state index in [0.29, 0.717) is 26.2 Å². The third-order valence-corrected chi connectivity index (χ3v) is 8.58. The molecule has 0 saturated carbocycles. The van der Waals surface area contributed by atoms with Crippen molar-refractivity contribution in [2.45, 2.75) is 30.7 Å². The normalized spacial score (nSPS) is 16.4. The smallest absolute Gasteiger partial charge is 0.263 e. The Bertz CT molecular complexity index is 1430. The number of hydrogen-bond donors (Lipinski definition) is 1. The van der Waals surface area contributed by atoms with Crippen molar-refractivity contribution in [3.05, 3.63) is 66.0 Å². The Labute approximate surface area is 227 Å². The number of hydrogen-bond acceptors (Lipinski definition) is 8. The number of sulfonamides is 1. The zero-order chi connectivity index (χ0) is 27.6. The van der Waals surface area contributed by atoms with Crippen LogP contribution in [0.1, 0.15) is 18.9 Å². The molecule has 1 fully saturated rings. The highest BCUT2D eigenvalue weighted by Gasteiger charge is 2.31. The molecule has 10 nitrogen and oxygen atoms in total. The molecule has 1 amide bonds. The van der Waals surface area contributed by atoms with Crippen LogP contribution in [0.4, 0.5) is 21.6 Å². The van der Waals surface area contributed by atoms with Gasteiger partial charge in [-0.2, -0.15) is 0 Å². The highest BCUT2D eigenvalue weighted by atomic mass is 32.2. The Morgan fingerprint density at radius 1 is 1.00 bits per heavy atom. The number of ether oxygens (including phenoxy) is 1. The molecule has 2 aliphatic heterocycles. The Kier molecular flexibility index (Phi) is 7.56. The highest BCUT2D eigenvalue weighted by molar-refractivity contribution is 7.92. The summed E-state index contributed by atoms with van der Waals surface area (Å²) in [6.07, 6.45) is 1.70. The van der Waals surface area contributed by atoms with Gasteiger partial charge in [0.1, 0.15) is 11.9 Å². The van der Waals surface area contributed by atoms with Crippen molar-refractivity contribution in [1.29, 1.82) is 0 Å². The van der Waals surface area contributed by atoms with Gasteiger partial charge in [0, 0.05) is 50.2 Å². The number of piperazine rings is 1. The minimum atomic E-state index is -3.83. The van der Waals surface area contributed by atoms with Crippen LogP contribution in [0.15, 0.2) is 59.5 Å². The number of nitrogens with zero attached hydrogens (tertiary/aromatic N) is 5. The van der Waals surface area contributed by atoms with E-state index in [1.807, 2.05) is 11.8 Å². The van der Waals surface area contributed by atoms with Crippen molar-refractivity contribution in [2.24, 2.45) is 0 Å². The number of halogens is 1. The zero-order valence-corrected chi connectivity index (χ0v) is 22.7. The first-order chi connectivity index (χ1) is 18.7. The van der Waals surface area contributed by atoms with Crippen LogP contribution in [0.5, 0.6) is 5.88 Å². The maximum atomic E-state index is 13.7. The van der Waals surface area contributed by atoms with Gasteiger partial charge in [-0.3, -0.25) is 9.52 Å². The van der Waals surface area contributed by atoms with E-state index >= 15 is 0 Å². The lowest BCUT2D eigenvalue weighted by Crippen LogP contribution is -2.55. The third kappa shape index (κ3) is 5.75. The van der Waals surface area contributed by atoms with Crippen LogP contribution in [0.3, 0.4) is 0 Å². The highest BCUT2D eigenvalue weighted by Crippen LogP contribution is 2.30. The topological polar surface area (TPSA) is 108 Å². The van der Waals surface area contributed by atoms with E-state index in [2.05, 4.69) is 24.7 Å². The molecule has 0 radical (unpaired) electrons. The molecule has 3 heterocycles. The van der Waals surface area contributed by atoms with Crippen LogP contribution in [-0.2, 0) is 21.2 Å². The van der Waals surface area contributed by atoms with E-state index in [9.17, 15) is 17.6 Å². The van der Waals surface area contributed by atoms with E-state index < -0.39 is 10.0 Å². The van der Waals surface area contributed by atoms with E-state index in [-0.39, 0.29) is 34.4 Å². The number of amides is 1. The first-order valence-corrected chi connectivity index (χ1v) is 14.3. The minimum Gasteiger partial charge on any atom is -0.480 e. The number of rotatable bonds is 7. The molecule has 1 atom stereocenters. The summed E-state index contributed by atoms with van der Waals surface area (Å²) >= 11 is 0. The fourth-order valence-electron chi connectivity index (χ4n) is 5.10. The second kappa shape index (κ2) is 11.0. The predicted octanol–water partition coefficient (Wildman–Crippen LogP) is 2.92. The summed E-state index contributed by atoms with van der Waals surface area (Å²) in [7, 11) is -2.38. The second-order valence-electron chi connectivity index (χ2n) is 9.62. The summed E-state index contributed by atoms with van der Waals surface area (Å²) in [6, 6.07) is 14.1. The summed E-state index contributed by atoms with van der Waals surface area (Å²) in [5, 5.41) is 7.57. The number of carbonyl (C=O) groups excluding carboxylic acids is 1. The Morgan fingerprint density at radius 2 is 1.74 bits per heavy atom. The summed E-state index contributed by atoms with van der Waals surface area (Å²) < 4.78 is 46.6. The van der Waals surface area contributed by atoms with Gasteiger partial charge in [-0.15, -0.1) is 10.2 Å². The van der Waals surface area contributed by atoms with Crippen LogP contribution in [0.2, 0.25) is 0 Å². The fourth-order valence-corrected chi connectivity index (χ4v) is 6.09. The van der Waals surface area contributed by atoms with Gasteiger partial charge in [0.25, 0.3) is 10.0 Å². The number of nitrogens with one attached hydrogen (secondary N) is 1. The molecule has 3 aromatic rings. The third-order valence-electron chi connectivity index (χ3n) is 7.21. The van der Waals surface area contributed by atoms with Crippen molar-refractivity contribution in [3.63, 3.8) is 0 Å². The number of anilines is 3. The van der Waals surface area contributed by atoms with Gasteiger partial charge in [0.05, 0.1) is 12.0 Å². The molecule has 39 heavy (non-hydrogen) atoms. The largest absolute Gasteiger partial charge is 0.480 e. The van der Waals surface area contributed by atoms with Crippen molar-refractivity contribution in [1.82, 2.24) is 15.1 Å². The van der Waals surface area contributed by atoms with Crippen LogP contribution < -0.4 is 19.3 Å². The molecular formula is C27H31FN6O4S. The molecule has 5 rings (SSSR count). The molecule has 2 aromatic carbocycles. The molecule has 0 aliphatic carbocycles. The van der Waals surface area contributed by atoms with Crippen molar-refractivity contribution in [2.75, 3.05) is 54.4 Å². The number of aryl methyl sites for hydroxylation is 1. The van der Waals surface area contributed by atoms with Gasteiger partial charge in [0.2, 0.25) is 11.8 Å². The van der Waals surface area contributed by atoms with Gasteiger partial charge in [-0.1, -0.05) is 0 Å². The van der Waals surface area contributed by atoms with Gasteiger partial charge >= 0.3 is 0 Å². The molecule has 2 aliphatic rings. The lowest BCUT2D eigenvalue weighted by atomic mass is 9.99. The minimum absolute atomic E-state index is 0.0565. The molecule has 0 spiro atoms. The van der Waals surface area contributed by atoms with Gasteiger partial charge in [0.15, 0.2) is 5.82 Å². The Morgan fingerprint density at radius 3 is 2.41 bits per heavy atom. The van der Waals surface area contributed by atoms with Crippen LogP contribution in [-0.4, -0.2) is 75.3 Å². The molecule has 1 aromatic heterocycles. The number of fused-ring (bicyclic) bond motifs is 1. The Hall–Kier alpha value is -3.93. The molecule has 1 saturated heterocycles. The monoisotopic (exact) mass is 554 g/mol. The lowest BCUT2D eigenvalue weighted by molar-refractivity contribution is -0.132. The average molecular weight is 555 g/mol. The quantitative estimate of drug-likeness (QED) is 0.475. The van der Waals surface area contributed by atoms with E-state index in [4.69, 9.17) is 4.74 Å². The van der Waals surface area contributed by atoms with E-state index in [1.165, 1.54) is 25.3 Å². The molecule has 0 unspecified atom stereocenters. The lowest BCUT2D eigenvalue weighted by Gasteiger charge is -2.41. The SMILES string of the molecule is COc1ccc(NS(=O)(=O)c2ccc(N3CCN(C(=O)[C@H](C)N4CCCc5cc(F)ccc54)CC3)cc2)nn1. The molecule has 1 N–H and O–H groups in total.